The summed E-state index contributed by atoms with van der Waals surface area (Å²) in [7, 11) is 0. The van der Waals surface area contributed by atoms with E-state index in [-0.39, 0.29) is 5.41 Å². The second kappa shape index (κ2) is 2.41. The second-order valence-electron chi connectivity index (χ2n) is 5.37. The number of allylic oxidation sites excluding steroid dienone is 1. The van der Waals surface area contributed by atoms with Gasteiger partial charge in [-0.1, -0.05) is 13.8 Å². The zero-order valence-electron chi connectivity index (χ0n) is 8.97. The van der Waals surface area contributed by atoms with Gasteiger partial charge in [-0.15, -0.1) is 0 Å². The van der Waals surface area contributed by atoms with Crippen LogP contribution in [0.3, 0.4) is 0 Å². The highest BCUT2D eigenvalue weighted by atomic mass is 16.2. The Hall–Kier alpha value is -0.790. The molecular weight excluding hydrogens is 174 g/mol. The summed E-state index contributed by atoms with van der Waals surface area (Å²) in [6.07, 6.45) is 4.48. The molecule has 0 bridgehead atoms. The number of hydrogen-bond acceptors (Lipinski definition) is 1. The molecule has 0 aromatic rings. The van der Waals surface area contributed by atoms with Crippen LogP contribution in [0.2, 0.25) is 0 Å². The molecule has 2 unspecified atom stereocenters. The van der Waals surface area contributed by atoms with Gasteiger partial charge in [0.05, 0.1) is 0 Å². The number of carbonyl (C=O) groups excluding carboxylic acids is 1. The summed E-state index contributed by atoms with van der Waals surface area (Å²) >= 11 is 0. The Labute approximate surface area is 85.0 Å². The van der Waals surface area contributed by atoms with E-state index >= 15 is 0 Å². The zero-order chi connectivity index (χ0) is 9.92. The van der Waals surface area contributed by atoms with Crippen molar-refractivity contribution in [2.24, 2.45) is 11.3 Å². The van der Waals surface area contributed by atoms with Gasteiger partial charge in [0.15, 0.2) is 0 Å². The van der Waals surface area contributed by atoms with Gasteiger partial charge < -0.3 is 4.90 Å². The van der Waals surface area contributed by atoms with E-state index < -0.39 is 0 Å². The van der Waals surface area contributed by atoms with Gasteiger partial charge in [-0.25, -0.2) is 0 Å². The van der Waals surface area contributed by atoms with Crippen molar-refractivity contribution < 1.29 is 4.79 Å². The molecule has 0 spiro atoms. The Balaban J connectivity index is 2.16. The Morgan fingerprint density at radius 1 is 1.50 bits per heavy atom. The molecule has 14 heavy (non-hydrogen) atoms. The number of rotatable bonds is 0. The van der Waals surface area contributed by atoms with Crippen LogP contribution < -0.4 is 0 Å². The van der Waals surface area contributed by atoms with Crippen molar-refractivity contribution in [3.05, 3.63) is 11.3 Å². The number of hydrogen-bond donors (Lipinski definition) is 0. The lowest BCUT2D eigenvalue weighted by molar-refractivity contribution is -0.127. The van der Waals surface area contributed by atoms with Crippen LogP contribution in [0, 0.1) is 11.3 Å². The van der Waals surface area contributed by atoms with Gasteiger partial charge in [-0.2, -0.15) is 0 Å². The van der Waals surface area contributed by atoms with Crippen LogP contribution in [0.4, 0.5) is 0 Å². The van der Waals surface area contributed by atoms with E-state index in [4.69, 9.17) is 0 Å². The minimum Gasteiger partial charge on any atom is -0.315 e. The molecule has 2 heteroatoms. The lowest BCUT2D eigenvalue weighted by atomic mass is 9.73. The van der Waals surface area contributed by atoms with Gasteiger partial charge in [0.25, 0.3) is 0 Å². The third-order valence-corrected chi connectivity index (χ3v) is 4.21. The predicted molar refractivity (Wildman–Crippen MR) is 54.5 cm³/mol. The molecule has 0 aromatic carbocycles. The van der Waals surface area contributed by atoms with Crippen molar-refractivity contribution in [3.8, 4) is 0 Å². The SMILES string of the molecule is CC1CN2C(=O)CC3(C)CCCC1=C23. The van der Waals surface area contributed by atoms with Gasteiger partial charge in [-0.3, -0.25) is 4.79 Å². The van der Waals surface area contributed by atoms with Crippen LogP contribution in [0.5, 0.6) is 0 Å². The first-order valence-electron chi connectivity index (χ1n) is 5.66. The highest BCUT2D eigenvalue weighted by molar-refractivity contribution is 5.84. The first kappa shape index (κ1) is 8.51. The maximum atomic E-state index is 11.8. The Morgan fingerprint density at radius 3 is 3.07 bits per heavy atom. The monoisotopic (exact) mass is 191 g/mol. The fraction of sp³-hybridized carbons (Fsp3) is 0.750. The maximum Gasteiger partial charge on any atom is 0.227 e. The van der Waals surface area contributed by atoms with Crippen LogP contribution in [0.1, 0.15) is 39.5 Å². The fourth-order valence-electron chi connectivity index (χ4n) is 3.58. The summed E-state index contributed by atoms with van der Waals surface area (Å²) in [5, 5.41) is 0. The molecule has 1 fully saturated rings. The molecule has 2 aliphatic heterocycles. The van der Waals surface area contributed by atoms with Gasteiger partial charge in [0.2, 0.25) is 5.91 Å². The van der Waals surface area contributed by atoms with Crippen molar-refractivity contribution in [1.82, 2.24) is 4.90 Å². The molecule has 0 N–H and O–H groups in total. The fourth-order valence-corrected chi connectivity index (χ4v) is 3.58. The molecule has 76 valence electrons. The topological polar surface area (TPSA) is 20.3 Å². The molecule has 0 aromatic heterocycles. The molecule has 3 aliphatic rings. The minimum absolute atomic E-state index is 0.204. The van der Waals surface area contributed by atoms with Crippen LogP contribution in [-0.4, -0.2) is 17.4 Å². The number of amides is 1. The average Bonchev–Trinajstić information content (AvgIpc) is 2.56. The van der Waals surface area contributed by atoms with Gasteiger partial charge >= 0.3 is 0 Å². The van der Waals surface area contributed by atoms with Gasteiger partial charge in [0.1, 0.15) is 0 Å². The maximum absolute atomic E-state index is 11.8. The lowest BCUT2D eigenvalue weighted by Gasteiger charge is -2.30. The lowest BCUT2D eigenvalue weighted by Crippen LogP contribution is -2.23. The van der Waals surface area contributed by atoms with E-state index in [1.807, 2.05) is 0 Å². The zero-order valence-corrected chi connectivity index (χ0v) is 8.97. The minimum atomic E-state index is 0.204. The highest BCUT2D eigenvalue weighted by Crippen LogP contribution is 2.54. The second-order valence-corrected chi connectivity index (χ2v) is 5.37. The number of nitrogens with zero attached hydrogens (tertiary/aromatic N) is 1. The molecule has 1 amide bonds. The Kier molecular flexibility index (Phi) is 1.47. The van der Waals surface area contributed by atoms with E-state index in [0.717, 1.165) is 13.0 Å². The van der Waals surface area contributed by atoms with Crippen LogP contribution >= 0.6 is 0 Å². The van der Waals surface area contributed by atoms with Crippen LogP contribution in [0.15, 0.2) is 11.3 Å². The normalized spacial score (nSPS) is 40.9. The summed E-state index contributed by atoms with van der Waals surface area (Å²) in [6.45, 7) is 5.50. The van der Waals surface area contributed by atoms with E-state index in [2.05, 4.69) is 18.7 Å². The van der Waals surface area contributed by atoms with E-state index in [9.17, 15) is 4.79 Å². The summed E-state index contributed by atoms with van der Waals surface area (Å²) in [5.74, 6) is 0.986. The van der Waals surface area contributed by atoms with E-state index in [1.165, 1.54) is 25.0 Å². The van der Waals surface area contributed by atoms with Crippen LogP contribution in [-0.2, 0) is 4.79 Å². The van der Waals surface area contributed by atoms with Gasteiger partial charge in [-0.05, 0) is 30.8 Å². The Bertz CT molecular complexity index is 344. The van der Waals surface area contributed by atoms with E-state index in [0.29, 0.717) is 11.8 Å². The van der Waals surface area contributed by atoms with Crippen molar-refractivity contribution in [2.45, 2.75) is 39.5 Å². The largest absolute Gasteiger partial charge is 0.315 e. The smallest absolute Gasteiger partial charge is 0.227 e. The molecule has 0 radical (unpaired) electrons. The third-order valence-electron chi connectivity index (χ3n) is 4.21. The summed E-state index contributed by atoms with van der Waals surface area (Å²) in [6, 6.07) is 0. The van der Waals surface area contributed by atoms with Crippen molar-refractivity contribution >= 4 is 5.91 Å². The molecule has 3 rings (SSSR count). The molecular formula is C12H17NO. The predicted octanol–water partition coefficient (Wildman–Crippen LogP) is 2.31. The molecule has 2 heterocycles. The first-order valence-corrected chi connectivity index (χ1v) is 5.66. The van der Waals surface area contributed by atoms with Crippen molar-refractivity contribution in [1.29, 1.82) is 0 Å². The molecule has 2 atom stereocenters. The van der Waals surface area contributed by atoms with E-state index in [1.54, 1.807) is 5.57 Å². The average molecular weight is 191 g/mol. The summed E-state index contributed by atoms with van der Waals surface area (Å²) in [5.41, 5.74) is 3.21. The highest BCUT2D eigenvalue weighted by Gasteiger charge is 2.51. The van der Waals surface area contributed by atoms with Crippen molar-refractivity contribution in [3.63, 3.8) is 0 Å². The van der Waals surface area contributed by atoms with Crippen LogP contribution in [0.25, 0.3) is 0 Å². The summed E-state index contributed by atoms with van der Waals surface area (Å²) < 4.78 is 0. The summed E-state index contributed by atoms with van der Waals surface area (Å²) in [4.78, 5) is 13.9. The first-order chi connectivity index (χ1) is 6.62. The molecule has 1 aliphatic carbocycles. The standard InChI is InChI=1S/C12H17NO/c1-8-7-13-10(14)6-12(2)5-3-4-9(8)11(12)13/h8H,3-7H2,1-2H3. The van der Waals surface area contributed by atoms with Gasteiger partial charge in [0, 0.05) is 24.1 Å². The Morgan fingerprint density at radius 2 is 2.29 bits per heavy atom. The molecule has 0 saturated carbocycles. The van der Waals surface area contributed by atoms with Crippen molar-refractivity contribution in [2.75, 3.05) is 6.54 Å². The molecule has 1 saturated heterocycles. The number of carbonyl (C=O) groups is 1. The quantitative estimate of drug-likeness (QED) is 0.575. The third kappa shape index (κ3) is 0.844. The molecule has 2 nitrogen and oxygen atoms in total.